The lowest BCUT2D eigenvalue weighted by Crippen LogP contribution is -2.04. The number of hydrogen-bond donors (Lipinski definition) is 0. The van der Waals surface area contributed by atoms with Crippen molar-refractivity contribution in [3.63, 3.8) is 0 Å². The third-order valence-corrected chi connectivity index (χ3v) is 3.10. The molecule has 1 nitrogen and oxygen atoms in total. The van der Waals surface area contributed by atoms with Crippen molar-refractivity contribution in [2.24, 2.45) is 0 Å². The Labute approximate surface area is 97.6 Å². The number of benzene rings is 1. The quantitative estimate of drug-likeness (QED) is 0.770. The van der Waals surface area contributed by atoms with Crippen molar-refractivity contribution in [3.8, 4) is 0 Å². The highest BCUT2D eigenvalue weighted by Gasteiger charge is 2.05. The number of Topliss-reactive ketones (excluding diaryl/α,β-unsaturated/α-hetero) is 1. The molecule has 0 spiro atoms. The predicted molar refractivity (Wildman–Crippen MR) is 63.0 cm³/mol. The highest BCUT2D eigenvalue weighted by molar-refractivity contribution is 9.10. The van der Waals surface area contributed by atoms with E-state index < -0.39 is 0 Å². The third-order valence-electron chi connectivity index (χ3n) is 2.06. The van der Waals surface area contributed by atoms with Gasteiger partial charge in [0.25, 0.3) is 0 Å². The van der Waals surface area contributed by atoms with Crippen LogP contribution >= 0.6 is 27.5 Å². The molecular formula is C11H12BrClO. The zero-order valence-electron chi connectivity index (χ0n) is 8.02. The second kappa shape index (κ2) is 5.52. The first-order valence-corrected chi connectivity index (χ1v) is 5.85. The predicted octanol–water partition coefficient (Wildman–Crippen LogP) is 3.36. The van der Waals surface area contributed by atoms with Gasteiger partial charge in [-0.15, -0.1) is 11.6 Å². The van der Waals surface area contributed by atoms with E-state index in [0.29, 0.717) is 6.42 Å². The molecule has 0 atom stereocenters. The zero-order chi connectivity index (χ0) is 10.6. The first kappa shape index (κ1) is 11.7. The number of ketones is 1. The smallest absolute Gasteiger partial charge is 0.151 e. The van der Waals surface area contributed by atoms with Gasteiger partial charge in [0.15, 0.2) is 5.78 Å². The van der Waals surface area contributed by atoms with Gasteiger partial charge in [-0.05, 0) is 23.6 Å². The van der Waals surface area contributed by atoms with E-state index in [2.05, 4.69) is 28.9 Å². The van der Waals surface area contributed by atoms with Crippen LogP contribution in [0.25, 0.3) is 0 Å². The highest BCUT2D eigenvalue weighted by atomic mass is 79.9. The Morgan fingerprint density at radius 1 is 1.50 bits per heavy atom. The molecule has 0 fully saturated rings. The molecule has 1 aromatic carbocycles. The number of aryl methyl sites for hydroxylation is 1. The largest absolute Gasteiger partial charge is 0.298 e. The van der Waals surface area contributed by atoms with Gasteiger partial charge in [-0.1, -0.05) is 35.0 Å². The summed E-state index contributed by atoms with van der Waals surface area (Å²) in [7, 11) is 0. The molecule has 0 aromatic heterocycles. The van der Waals surface area contributed by atoms with E-state index in [4.69, 9.17) is 11.6 Å². The van der Waals surface area contributed by atoms with Crippen LogP contribution in [0.4, 0.5) is 0 Å². The van der Waals surface area contributed by atoms with Crippen LogP contribution in [0.5, 0.6) is 0 Å². The van der Waals surface area contributed by atoms with Crippen molar-refractivity contribution >= 4 is 33.3 Å². The van der Waals surface area contributed by atoms with Crippen molar-refractivity contribution in [2.45, 2.75) is 19.8 Å². The fraction of sp³-hybridized carbons (Fsp3) is 0.364. The van der Waals surface area contributed by atoms with E-state index in [1.165, 1.54) is 5.56 Å². The maximum atomic E-state index is 11.1. The minimum absolute atomic E-state index is 0.0524. The average Bonchev–Trinajstić information content (AvgIpc) is 2.20. The lowest BCUT2D eigenvalue weighted by Gasteiger charge is -2.04. The van der Waals surface area contributed by atoms with Gasteiger partial charge in [-0.3, -0.25) is 4.79 Å². The molecule has 0 saturated heterocycles. The van der Waals surface area contributed by atoms with Gasteiger partial charge < -0.3 is 0 Å². The molecule has 0 saturated carbocycles. The molecule has 0 aliphatic rings. The van der Waals surface area contributed by atoms with Crippen LogP contribution in [-0.2, 0) is 17.6 Å². The summed E-state index contributed by atoms with van der Waals surface area (Å²) >= 11 is 8.90. The van der Waals surface area contributed by atoms with Gasteiger partial charge in [0.05, 0.1) is 5.88 Å². The highest BCUT2D eigenvalue weighted by Crippen LogP contribution is 2.19. The summed E-state index contributed by atoms with van der Waals surface area (Å²) in [6.07, 6.45) is 1.41. The minimum Gasteiger partial charge on any atom is -0.298 e. The minimum atomic E-state index is 0.0524. The molecule has 0 N–H and O–H groups in total. The van der Waals surface area contributed by atoms with Crippen molar-refractivity contribution < 1.29 is 4.79 Å². The Morgan fingerprint density at radius 2 is 2.21 bits per heavy atom. The molecule has 0 unspecified atom stereocenters. The van der Waals surface area contributed by atoms with Gasteiger partial charge in [0, 0.05) is 10.9 Å². The summed E-state index contributed by atoms with van der Waals surface area (Å²) < 4.78 is 0.996. The first-order valence-electron chi connectivity index (χ1n) is 4.52. The van der Waals surface area contributed by atoms with Crippen LogP contribution in [0.3, 0.4) is 0 Å². The SMILES string of the molecule is CCc1ccc(CC(=O)CCl)c(Br)c1. The van der Waals surface area contributed by atoms with Crippen LogP contribution in [-0.4, -0.2) is 11.7 Å². The fourth-order valence-electron chi connectivity index (χ4n) is 1.21. The average molecular weight is 276 g/mol. The molecule has 14 heavy (non-hydrogen) atoms. The molecule has 0 bridgehead atoms. The van der Waals surface area contributed by atoms with E-state index in [1.807, 2.05) is 12.1 Å². The van der Waals surface area contributed by atoms with E-state index in [1.54, 1.807) is 0 Å². The standard InChI is InChI=1S/C11H12BrClO/c1-2-8-3-4-9(11(12)5-8)6-10(14)7-13/h3-5H,2,6-7H2,1H3. The Hall–Kier alpha value is -0.340. The number of halogens is 2. The zero-order valence-corrected chi connectivity index (χ0v) is 10.4. The van der Waals surface area contributed by atoms with Gasteiger partial charge in [0.2, 0.25) is 0 Å². The van der Waals surface area contributed by atoms with Gasteiger partial charge in [-0.2, -0.15) is 0 Å². The van der Waals surface area contributed by atoms with Gasteiger partial charge >= 0.3 is 0 Å². The number of carbonyl (C=O) groups excluding carboxylic acids is 1. The van der Waals surface area contributed by atoms with Crippen LogP contribution in [0.1, 0.15) is 18.1 Å². The summed E-state index contributed by atoms with van der Waals surface area (Å²) in [4.78, 5) is 11.1. The van der Waals surface area contributed by atoms with Crippen molar-refractivity contribution in [3.05, 3.63) is 33.8 Å². The third kappa shape index (κ3) is 3.10. The number of carbonyl (C=O) groups is 1. The summed E-state index contributed by atoms with van der Waals surface area (Å²) in [6.45, 7) is 2.10. The Morgan fingerprint density at radius 3 is 2.71 bits per heavy atom. The first-order chi connectivity index (χ1) is 6.67. The second-order valence-corrected chi connectivity index (χ2v) is 4.25. The van der Waals surface area contributed by atoms with Crippen molar-refractivity contribution in [1.29, 1.82) is 0 Å². The van der Waals surface area contributed by atoms with Crippen LogP contribution in [0.2, 0.25) is 0 Å². The van der Waals surface area contributed by atoms with Crippen LogP contribution in [0.15, 0.2) is 22.7 Å². The maximum absolute atomic E-state index is 11.1. The monoisotopic (exact) mass is 274 g/mol. The Kier molecular flexibility index (Phi) is 4.63. The Bertz CT molecular complexity index is 336. The summed E-state index contributed by atoms with van der Waals surface area (Å²) in [5.74, 6) is 0.138. The van der Waals surface area contributed by atoms with Crippen molar-refractivity contribution in [2.75, 3.05) is 5.88 Å². The van der Waals surface area contributed by atoms with Gasteiger partial charge in [-0.25, -0.2) is 0 Å². The molecule has 0 aliphatic carbocycles. The van der Waals surface area contributed by atoms with E-state index in [9.17, 15) is 4.79 Å². The molecule has 0 amide bonds. The van der Waals surface area contributed by atoms with Gasteiger partial charge in [0.1, 0.15) is 0 Å². The second-order valence-electron chi connectivity index (χ2n) is 3.13. The normalized spacial score (nSPS) is 10.2. The molecule has 76 valence electrons. The summed E-state index contributed by atoms with van der Waals surface area (Å²) in [5.41, 5.74) is 2.27. The lowest BCUT2D eigenvalue weighted by molar-refractivity contribution is -0.116. The van der Waals surface area contributed by atoms with Crippen LogP contribution < -0.4 is 0 Å². The summed E-state index contributed by atoms with van der Waals surface area (Å²) in [5, 5.41) is 0. The number of hydrogen-bond acceptors (Lipinski definition) is 1. The number of alkyl halides is 1. The molecule has 1 rings (SSSR count). The number of rotatable bonds is 4. The molecular weight excluding hydrogens is 263 g/mol. The topological polar surface area (TPSA) is 17.1 Å². The fourth-order valence-corrected chi connectivity index (χ4v) is 1.87. The lowest BCUT2D eigenvalue weighted by atomic mass is 10.1. The maximum Gasteiger partial charge on any atom is 0.151 e. The molecule has 3 heteroatoms. The molecule has 0 aliphatic heterocycles. The van der Waals surface area contributed by atoms with E-state index >= 15 is 0 Å². The van der Waals surface area contributed by atoms with Crippen molar-refractivity contribution in [1.82, 2.24) is 0 Å². The molecule has 1 aromatic rings. The van der Waals surface area contributed by atoms with E-state index in [0.717, 1.165) is 16.5 Å². The van der Waals surface area contributed by atoms with E-state index in [-0.39, 0.29) is 11.7 Å². The Balaban J connectivity index is 2.83. The molecule has 0 heterocycles. The summed E-state index contributed by atoms with van der Waals surface area (Å²) in [6, 6.07) is 6.08. The van der Waals surface area contributed by atoms with Crippen LogP contribution in [0, 0.1) is 0 Å². The molecule has 0 radical (unpaired) electrons.